The van der Waals surface area contributed by atoms with Gasteiger partial charge in [-0.2, -0.15) is 0 Å². The van der Waals surface area contributed by atoms with Crippen LogP contribution in [0, 0.1) is 0 Å². The predicted octanol–water partition coefficient (Wildman–Crippen LogP) is 5.39. The molecule has 3 aromatic carbocycles. The van der Waals surface area contributed by atoms with Crippen molar-refractivity contribution in [3.63, 3.8) is 0 Å². The van der Waals surface area contributed by atoms with Crippen molar-refractivity contribution in [2.45, 2.75) is 38.6 Å². The third kappa shape index (κ3) is 5.29. The normalized spacial score (nSPS) is 13.8. The van der Waals surface area contributed by atoms with E-state index in [1.165, 1.54) is 30.5 Å². The molecule has 1 saturated heterocycles. The summed E-state index contributed by atoms with van der Waals surface area (Å²) in [6, 6.07) is 27.0. The monoisotopic (exact) mass is 398 g/mol. The number of carbonyl (C=O) groups is 1. The lowest BCUT2D eigenvalue weighted by Gasteiger charge is -2.28. The molecule has 1 amide bonds. The molecule has 3 heteroatoms. The molecule has 0 radical (unpaired) electrons. The fourth-order valence-corrected chi connectivity index (χ4v) is 4.14. The minimum atomic E-state index is -0.00114. The molecular formula is C27H30N2O. The quantitative estimate of drug-likeness (QED) is 0.578. The van der Waals surface area contributed by atoms with E-state index in [1.807, 2.05) is 24.3 Å². The maximum atomic E-state index is 12.8. The molecule has 0 unspecified atom stereocenters. The first-order chi connectivity index (χ1) is 14.8. The topological polar surface area (TPSA) is 32.3 Å². The highest BCUT2D eigenvalue weighted by molar-refractivity contribution is 5.95. The van der Waals surface area contributed by atoms with Gasteiger partial charge in [-0.3, -0.25) is 4.79 Å². The largest absolute Gasteiger partial charge is 0.372 e. The summed E-state index contributed by atoms with van der Waals surface area (Å²) < 4.78 is 0. The van der Waals surface area contributed by atoms with Gasteiger partial charge < -0.3 is 10.2 Å². The molecule has 0 aromatic heterocycles. The number of hydrogen-bond donors (Lipinski definition) is 1. The van der Waals surface area contributed by atoms with Gasteiger partial charge in [0.15, 0.2) is 0 Å². The molecule has 1 aliphatic heterocycles. The Hall–Kier alpha value is -3.07. The molecule has 1 fully saturated rings. The summed E-state index contributed by atoms with van der Waals surface area (Å²) in [5, 5.41) is 3.10. The standard InChI is InChI=1S/C27H30N2O/c30-27(26-12-6-5-11-24(26)16-13-22-9-3-1-4-10-22)28-21-23-14-17-25(18-15-23)29-19-7-2-8-20-29/h1,3-6,9-12,14-15,17-18H,2,7-8,13,16,19-21H2,(H,28,30). The van der Waals surface area contributed by atoms with E-state index in [4.69, 9.17) is 0 Å². The molecule has 1 aliphatic rings. The Bertz CT molecular complexity index is 944. The molecule has 3 aromatic rings. The average molecular weight is 399 g/mol. The highest BCUT2D eigenvalue weighted by Crippen LogP contribution is 2.20. The second-order valence-electron chi connectivity index (χ2n) is 8.04. The Morgan fingerprint density at radius 3 is 2.20 bits per heavy atom. The minimum absolute atomic E-state index is 0.00114. The lowest BCUT2D eigenvalue weighted by Crippen LogP contribution is -2.29. The van der Waals surface area contributed by atoms with Gasteiger partial charge >= 0.3 is 0 Å². The van der Waals surface area contributed by atoms with Gasteiger partial charge in [-0.15, -0.1) is 0 Å². The summed E-state index contributed by atoms with van der Waals surface area (Å²) in [5.41, 5.74) is 5.58. The van der Waals surface area contributed by atoms with Crippen molar-refractivity contribution in [1.82, 2.24) is 5.32 Å². The molecule has 0 aliphatic carbocycles. The highest BCUT2D eigenvalue weighted by atomic mass is 16.1. The molecule has 154 valence electrons. The Morgan fingerprint density at radius 2 is 1.43 bits per heavy atom. The van der Waals surface area contributed by atoms with E-state index < -0.39 is 0 Å². The van der Waals surface area contributed by atoms with Crippen LogP contribution in [0.15, 0.2) is 78.9 Å². The van der Waals surface area contributed by atoms with Crippen LogP contribution in [-0.2, 0) is 19.4 Å². The number of benzene rings is 3. The third-order valence-corrected chi connectivity index (χ3v) is 5.90. The van der Waals surface area contributed by atoms with E-state index in [1.54, 1.807) is 0 Å². The van der Waals surface area contributed by atoms with Crippen LogP contribution >= 0.6 is 0 Å². The highest BCUT2D eigenvalue weighted by Gasteiger charge is 2.12. The van der Waals surface area contributed by atoms with E-state index in [-0.39, 0.29) is 5.91 Å². The zero-order chi connectivity index (χ0) is 20.6. The van der Waals surface area contributed by atoms with Crippen LogP contribution < -0.4 is 10.2 Å². The van der Waals surface area contributed by atoms with Gasteiger partial charge in [0.25, 0.3) is 5.91 Å². The van der Waals surface area contributed by atoms with E-state index in [0.717, 1.165) is 42.6 Å². The number of aryl methyl sites for hydroxylation is 2. The van der Waals surface area contributed by atoms with Gasteiger partial charge in [0, 0.05) is 30.9 Å². The van der Waals surface area contributed by atoms with Gasteiger partial charge in [0.05, 0.1) is 0 Å². The summed E-state index contributed by atoms with van der Waals surface area (Å²) in [6.07, 6.45) is 5.69. The van der Waals surface area contributed by atoms with E-state index in [2.05, 4.69) is 64.8 Å². The van der Waals surface area contributed by atoms with Crippen molar-refractivity contribution in [3.05, 3.63) is 101 Å². The minimum Gasteiger partial charge on any atom is -0.372 e. The van der Waals surface area contributed by atoms with Crippen LogP contribution in [0.1, 0.15) is 46.3 Å². The molecular weight excluding hydrogens is 368 g/mol. The number of rotatable bonds is 7. The number of piperidine rings is 1. The molecule has 30 heavy (non-hydrogen) atoms. The number of anilines is 1. The molecule has 0 atom stereocenters. The molecule has 0 saturated carbocycles. The van der Waals surface area contributed by atoms with Crippen molar-refractivity contribution in [3.8, 4) is 0 Å². The van der Waals surface area contributed by atoms with E-state index >= 15 is 0 Å². The van der Waals surface area contributed by atoms with Crippen molar-refractivity contribution in [1.29, 1.82) is 0 Å². The Morgan fingerprint density at radius 1 is 0.733 bits per heavy atom. The van der Waals surface area contributed by atoms with Gasteiger partial charge in [-0.25, -0.2) is 0 Å². The fourth-order valence-electron chi connectivity index (χ4n) is 4.14. The van der Waals surface area contributed by atoms with E-state index in [0.29, 0.717) is 6.54 Å². The van der Waals surface area contributed by atoms with Crippen molar-refractivity contribution in [2.24, 2.45) is 0 Å². The molecule has 4 rings (SSSR count). The SMILES string of the molecule is O=C(NCc1ccc(N2CCCCC2)cc1)c1ccccc1CCc1ccccc1. The maximum Gasteiger partial charge on any atom is 0.251 e. The summed E-state index contributed by atoms with van der Waals surface area (Å²) in [4.78, 5) is 15.3. The van der Waals surface area contributed by atoms with E-state index in [9.17, 15) is 4.79 Å². The van der Waals surface area contributed by atoms with Gasteiger partial charge in [0.2, 0.25) is 0 Å². The average Bonchev–Trinajstić information content (AvgIpc) is 2.83. The van der Waals surface area contributed by atoms with Crippen LogP contribution in [-0.4, -0.2) is 19.0 Å². The summed E-state index contributed by atoms with van der Waals surface area (Å²) in [5.74, 6) is -0.00114. The second kappa shape index (κ2) is 10.1. The number of nitrogens with one attached hydrogen (secondary N) is 1. The zero-order valence-electron chi connectivity index (χ0n) is 17.5. The fraction of sp³-hybridized carbons (Fsp3) is 0.296. The molecule has 3 nitrogen and oxygen atoms in total. The Balaban J connectivity index is 1.35. The smallest absolute Gasteiger partial charge is 0.251 e. The first kappa shape index (κ1) is 20.2. The zero-order valence-corrected chi connectivity index (χ0v) is 17.5. The van der Waals surface area contributed by atoms with Crippen LogP contribution in [0.4, 0.5) is 5.69 Å². The lowest BCUT2D eigenvalue weighted by molar-refractivity contribution is 0.0950. The van der Waals surface area contributed by atoms with Crippen LogP contribution in [0.25, 0.3) is 0 Å². The Kier molecular flexibility index (Phi) is 6.81. The second-order valence-corrected chi connectivity index (χ2v) is 8.04. The van der Waals surface area contributed by atoms with Crippen LogP contribution in [0.2, 0.25) is 0 Å². The molecule has 0 bridgehead atoms. The van der Waals surface area contributed by atoms with Crippen LogP contribution in [0.5, 0.6) is 0 Å². The Labute approximate surface area is 179 Å². The maximum absolute atomic E-state index is 12.8. The van der Waals surface area contributed by atoms with Crippen molar-refractivity contribution >= 4 is 11.6 Å². The van der Waals surface area contributed by atoms with Gasteiger partial charge in [0.1, 0.15) is 0 Å². The summed E-state index contributed by atoms with van der Waals surface area (Å²) >= 11 is 0. The predicted molar refractivity (Wildman–Crippen MR) is 124 cm³/mol. The van der Waals surface area contributed by atoms with Gasteiger partial charge in [-0.1, -0.05) is 60.7 Å². The molecule has 1 heterocycles. The summed E-state index contributed by atoms with van der Waals surface area (Å²) in [6.45, 7) is 2.85. The van der Waals surface area contributed by atoms with Crippen LogP contribution in [0.3, 0.4) is 0 Å². The lowest BCUT2D eigenvalue weighted by atomic mass is 9.99. The van der Waals surface area contributed by atoms with Crippen molar-refractivity contribution < 1.29 is 4.79 Å². The summed E-state index contributed by atoms with van der Waals surface area (Å²) in [7, 11) is 0. The number of carbonyl (C=O) groups excluding carboxylic acids is 1. The van der Waals surface area contributed by atoms with Crippen molar-refractivity contribution in [2.75, 3.05) is 18.0 Å². The first-order valence-corrected chi connectivity index (χ1v) is 11.0. The molecule has 0 spiro atoms. The molecule has 1 N–H and O–H groups in total. The number of nitrogens with zero attached hydrogens (tertiary/aromatic N) is 1. The number of amides is 1. The first-order valence-electron chi connectivity index (χ1n) is 11.0. The van der Waals surface area contributed by atoms with Gasteiger partial charge in [-0.05, 0) is 67.0 Å². The number of hydrogen-bond acceptors (Lipinski definition) is 2. The third-order valence-electron chi connectivity index (χ3n) is 5.90.